The Morgan fingerprint density at radius 3 is 2.75 bits per heavy atom. The van der Waals surface area contributed by atoms with Crippen molar-refractivity contribution < 1.29 is 14.2 Å². The monoisotopic (exact) mass is 342 g/mol. The van der Waals surface area contributed by atoms with Crippen molar-refractivity contribution in [2.24, 2.45) is 5.41 Å². The molecule has 6 heteroatoms. The quantitative estimate of drug-likeness (QED) is 0.882. The highest BCUT2D eigenvalue weighted by atomic mass is 79.9. The van der Waals surface area contributed by atoms with E-state index < -0.39 is 5.82 Å². The molecule has 0 unspecified atom stereocenters. The molecule has 1 aliphatic rings. The van der Waals surface area contributed by atoms with Crippen molar-refractivity contribution in [3.05, 3.63) is 28.0 Å². The van der Waals surface area contributed by atoms with Gasteiger partial charge >= 0.3 is 0 Å². The summed E-state index contributed by atoms with van der Waals surface area (Å²) in [6, 6.07) is 4.67. The van der Waals surface area contributed by atoms with E-state index in [1.54, 1.807) is 6.07 Å². The predicted molar refractivity (Wildman–Crippen MR) is 76.9 cm³/mol. The molecule has 2 rings (SSSR count). The maximum Gasteiger partial charge on any atom is 0.147 e. The molecule has 20 heavy (non-hydrogen) atoms. The van der Waals surface area contributed by atoms with Crippen molar-refractivity contribution in [2.45, 2.75) is 12.8 Å². The fourth-order valence-corrected chi connectivity index (χ4v) is 2.68. The van der Waals surface area contributed by atoms with Crippen LogP contribution in [0.3, 0.4) is 0 Å². The largest absolute Gasteiger partial charge is 0.396 e. The van der Waals surface area contributed by atoms with Gasteiger partial charge in [-0.15, -0.1) is 0 Å². The topological polar surface area (TPSA) is 65.3 Å². The second kappa shape index (κ2) is 6.53. The van der Waals surface area contributed by atoms with Crippen LogP contribution >= 0.6 is 15.9 Å². The number of halogens is 2. The summed E-state index contributed by atoms with van der Waals surface area (Å²) in [4.78, 5) is 0. The van der Waals surface area contributed by atoms with Crippen molar-refractivity contribution in [3.8, 4) is 6.07 Å². The Morgan fingerprint density at radius 2 is 2.15 bits per heavy atom. The van der Waals surface area contributed by atoms with Gasteiger partial charge in [-0.2, -0.15) is 5.26 Å². The summed E-state index contributed by atoms with van der Waals surface area (Å²) < 4.78 is 19.7. The highest BCUT2D eigenvalue weighted by molar-refractivity contribution is 9.10. The Bertz CT molecular complexity index is 525. The summed E-state index contributed by atoms with van der Waals surface area (Å²) in [5, 5.41) is 21.5. The van der Waals surface area contributed by atoms with Crippen LogP contribution in [0.15, 0.2) is 16.6 Å². The number of ether oxygens (including phenoxy) is 1. The first-order chi connectivity index (χ1) is 9.60. The third-order valence-corrected chi connectivity index (χ3v) is 4.38. The zero-order valence-electron chi connectivity index (χ0n) is 11.0. The van der Waals surface area contributed by atoms with E-state index in [0.717, 1.165) is 12.8 Å². The molecule has 1 saturated heterocycles. The molecule has 0 amide bonds. The van der Waals surface area contributed by atoms with E-state index in [-0.39, 0.29) is 17.6 Å². The van der Waals surface area contributed by atoms with Crippen LogP contribution in [0.5, 0.6) is 0 Å². The number of benzene rings is 1. The first-order valence-corrected chi connectivity index (χ1v) is 7.21. The lowest BCUT2D eigenvalue weighted by atomic mass is 9.81. The highest BCUT2D eigenvalue weighted by Gasteiger charge is 2.32. The van der Waals surface area contributed by atoms with E-state index >= 15 is 0 Å². The highest BCUT2D eigenvalue weighted by Crippen LogP contribution is 2.31. The Hall–Kier alpha value is -1.16. The van der Waals surface area contributed by atoms with Gasteiger partial charge in [0.2, 0.25) is 0 Å². The molecule has 0 bridgehead atoms. The van der Waals surface area contributed by atoms with Gasteiger partial charge in [0.1, 0.15) is 11.9 Å². The fourth-order valence-electron chi connectivity index (χ4n) is 2.25. The summed E-state index contributed by atoms with van der Waals surface area (Å²) >= 11 is 3.24. The summed E-state index contributed by atoms with van der Waals surface area (Å²) in [5.74, 6) is -0.468. The number of aliphatic hydroxyl groups excluding tert-OH is 1. The summed E-state index contributed by atoms with van der Waals surface area (Å²) in [5.41, 5.74) is 0.316. The maximum atomic E-state index is 13.9. The number of anilines is 1. The van der Waals surface area contributed by atoms with Gasteiger partial charge in [0.15, 0.2) is 0 Å². The molecule has 1 aromatic carbocycles. The first kappa shape index (κ1) is 15.2. The van der Waals surface area contributed by atoms with E-state index in [9.17, 15) is 9.50 Å². The molecule has 2 N–H and O–H groups in total. The molecule has 1 aromatic rings. The zero-order valence-corrected chi connectivity index (χ0v) is 12.5. The van der Waals surface area contributed by atoms with E-state index in [1.807, 2.05) is 6.07 Å². The van der Waals surface area contributed by atoms with Crippen molar-refractivity contribution in [1.29, 1.82) is 5.26 Å². The minimum Gasteiger partial charge on any atom is -0.396 e. The normalized spacial score (nSPS) is 17.5. The molecular formula is C14H16BrFN2O2. The number of nitrogens with zero attached hydrogens (tertiary/aromatic N) is 1. The SMILES string of the molecule is N#Cc1cc(F)c(NCC2(CO)CCOCC2)cc1Br. The lowest BCUT2D eigenvalue weighted by molar-refractivity contribution is -0.00860. The van der Waals surface area contributed by atoms with Gasteiger partial charge in [-0.3, -0.25) is 0 Å². The molecule has 1 aliphatic heterocycles. The Labute approximate surface area is 125 Å². The van der Waals surface area contributed by atoms with Gasteiger partial charge in [-0.25, -0.2) is 4.39 Å². The van der Waals surface area contributed by atoms with Crippen molar-refractivity contribution in [3.63, 3.8) is 0 Å². The van der Waals surface area contributed by atoms with Gasteiger partial charge in [0, 0.05) is 29.6 Å². The number of nitrogens with one attached hydrogen (secondary N) is 1. The number of hydrogen-bond acceptors (Lipinski definition) is 4. The molecule has 0 aromatic heterocycles. The van der Waals surface area contributed by atoms with Gasteiger partial charge in [0.25, 0.3) is 0 Å². The van der Waals surface area contributed by atoms with E-state index in [4.69, 9.17) is 10.00 Å². The Morgan fingerprint density at radius 1 is 1.45 bits per heavy atom. The first-order valence-electron chi connectivity index (χ1n) is 6.42. The van der Waals surface area contributed by atoms with E-state index in [1.165, 1.54) is 6.07 Å². The Kier molecular flexibility index (Phi) is 4.97. The molecule has 0 saturated carbocycles. The molecular weight excluding hydrogens is 327 g/mol. The van der Waals surface area contributed by atoms with Gasteiger partial charge in [-0.1, -0.05) is 0 Å². The third-order valence-electron chi connectivity index (χ3n) is 3.72. The van der Waals surface area contributed by atoms with Crippen LogP contribution in [0.1, 0.15) is 18.4 Å². The molecule has 1 fully saturated rings. The van der Waals surface area contributed by atoms with E-state index in [2.05, 4.69) is 21.2 Å². The minimum absolute atomic E-state index is 0.0441. The van der Waals surface area contributed by atoms with Gasteiger partial charge < -0.3 is 15.2 Å². The average Bonchev–Trinajstić information content (AvgIpc) is 2.48. The lowest BCUT2D eigenvalue weighted by Crippen LogP contribution is -2.39. The standard InChI is InChI=1S/C14H16BrFN2O2/c15-11-6-13(12(16)5-10(11)7-17)18-8-14(9-19)1-3-20-4-2-14/h5-6,18-19H,1-4,8-9H2. The molecule has 108 valence electrons. The number of nitriles is 1. The number of aliphatic hydroxyl groups is 1. The molecule has 0 atom stereocenters. The van der Waals surface area contributed by atoms with E-state index in [0.29, 0.717) is 29.9 Å². The van der Waals surface area contributed by atoms with Gasteiger partial charge in [-0.05, 0) is 40.9 Å². The van der Waals surface area contributed by atoms with Crippen molar-refractivity contribution >= 4 is 21.6 Å². The number of hydrogen-bond donors (Lipinski definition) is 2. The second-order valence-corrected chi connectivity index (χ2v) is 5.90. The summed E-state index contributed by atoms with van der Waals surface area (Å²) in [6.45, 7) is 1.74. The minimum atomic E-state index is -0.468. The zero-order chi connectivity index (χ0) is 14.6. The van der Waals surface area contributed by atoms with Crippen molar-refractivity contribution in [1.82, 2.24) is 0 Å². The third kappa shape index (κ3) is 3.29. The van der Waals surface area contributed by atoms with Crippen LogP contribution in [0.25, 0.3) is 0 Å². The van der Waals surface area contributed by atoms with Crippen LogP contribution in [0.2, 0.25) is 0 Å². The predicted octanol–water partition coefficient (Wildman–Crippen LogP) is 2.66. The Balaban J connectivity index is 2.10. The molecule has 1 heterocycles. The lowest BCUT2D eigenvalue weighted by Gasteiger charge is -2.35. The smallest absolute Gasteiger partial charge is 0.147 e. The van der Waals surface area contributed by atoms with Crippen LogP contribution in [0.4, 0.5) is 10.1 Å². The fraction of sp³-hybridized carbons (Fsp3) is 0.500. The van der Waals surface area contributed by atoms with Crippen LogP contribution < -0.4 is 5.32 Å². The van der Waals surface area contributed by atoms with Crippen LogP contribution in [-0.2, 0) is 4.74 Å². The summed E-state index contributed by atoms with van der Waals surface area (Å²) in [6.07, 6.45) is 1.49. The van der Waals surface area contributed by atoms with Gasteiger partial charge in [0.05, 0.1) is 17.9 Å². The van der Waals surface area contributed by atoms with Crippen LogP contribution in [-0.4, -0.2) is 31.5 Å². The second-order valence-electron chi connectivity index (χ2n) is 5.05. The summed E-state index contributed by atoms with van der Waals surface area (Å²) in [7, 11) is 0. The molecule has 0 radical (unpaired) electrons. The van der Waals surface area contributed by atoms with Crippen molar-refractivity contribution in [2.75, 3.05) is 31.7 Å². The maximum absolute atomic E-state index is 13.9. The molecule has 0 aliphatic carbocycles. The van der Waals surface area contributed by atoms with Crippen LogP contribution in [0, 0.1) is 22.6 Å². The molecule has 4 nitrogen and oxygen atoms in total. The number of rotatable bonds is 4. The average molecular weight is 343 g/mol. The molecule has 0 spiro atoms.